The number of benzene rings is 1. The van der Waals surface area contributed by atoms with Gasteiger partial charge in [-0.2, -0.15) is 0 Å². The van der Waals surface area contributed by atoms with Crippen LogP contribution in [0.5, 0.6) is 5.75 Å². The lowest BCUT2D eigenvalue weighted by molar-refractivity contribution is 0.412. The maximum Gasteiger partial charge on any atom is 0.119 e. The normalized spacial score (nSPS) is 14.1. The number of hydrogen-bond acceptors (Lipinski definition) is 3. The van der Waals surface area contributed by atoms with E-state index in [0.29, 0.717) is 6.04 Å². The van der Waals surface area contributed by atoms with Gasteiger partial charge in [0.15, 0.2) is 0 Å². The van der Waals surface area contributed by atoms with E-state index in [0.717, 1.165) is 10.2 Å². The first-order valence-electron chi connectivity index (χ1n) is 6.24. The number of methoxy groups -OCH3 is 1. The van der Waals surface area contributed by atoms with Crippen molar-refractivity contribution >= 4 is 27.3 Å². The summed E-state index contributed by atoms with van der Waals surface area (Å²) in [4.78, 5) is 1.33. The first-order chi connectivity index (χ1) is 9.10. The highest BCUT2D eigenvalue weighted by Gasteiger charge is 2.13. The monoisotopic (exact) mass is 339 g/mol. The highest BCUT2D eigenvalue weighted by Crippen LogP contribution is 2.28. The number of nitrogens with one attached hydrogen (secondary N) is 1. The molecule has 0 aliphatic carbocycles. The van der Waals surface area contributed by atoms with Crippen molar-refractivity contribution in [3.8, 4) is 5.75 Å². The second-order valence-corrected chi connectivity index (χ2v) is 6.41. The Balaban J connectivity index is 2.05. The lowest BCUT2D eigenvalue weighted by Gasteiger charge is -2.20. The molecule has 1 heterocycles. The van der Waals surface area contributed by atoms with Gasteiger partial charge in [0.2, 0.25) is 0 Å². The average Bonchev–Trinajstić information content (AvgIpc) is 2.85. The van der Waals surface area contributed by atoms with Gasteiger partial charge in [-0.15, -0.1) is 11.3 Å². The lowest BCUT2D eigenvalue weighted by atomic mass is 10.1. The van der Waals surface area contributed by atoms with E-state index >= 15 is 0 Å². The van der Waals surface area contributed by atoms with Crippen molar-refractivity contribution in [3.63, 3.8) is 0 Å². The largest absolute Gasteiger partial charge is 0.497 e. The van der Waals surface area contributed by atoms with Gasteiger partial charge in [-0.3, -0.25) is 0 Å². The molecule has 1 aromatic carbocycles. The average molecular weight is 340 g/mol. The second kappa shape index (κ2) is 6.55. The van der Waals surface area contributed by atoms with Crippen LogP contribution in [0.3, 0.4) is 0 Å². The Morgan fingerprint density at radius 1 is 1.21 bits per heavy atom. The minimum absolute atomic E-state index is 0.283. The molecule has 0 aliphatic rings. The van der Waals surface area contributed by atoms with Crippen molar-refractivity contribution in [1.29, 1.82) is 0 Å². The molecule has 0 saturated heterocycles. The maximum absolute atomic E-state index is 5.27. The third kappa shape index (κ3) is 3.81. The Labute approximate surface area is 126 Å². The molecule has 0 radical (unpaired) electrons. The van der Waals surface area contributed by atoms with Crippen molar-refractivity contribution in [2.45, 2.75) is 25.9 Å². The minimum Gasteiger partial charge on any atom is -0.497 e. The van der Waals surface area contributed by atoms with E-state index in [2.05, 4.69) is 58.7 Å². The van der Waals surface area contributed by atoms with Gasteiger partial charge >= 0.3 is 0 Å². The van der Waals surface area contributed by atoms with Gasteiger partial charge in [0.25, 0.3) is 0 Å². The predicted molar refractivity (Wildman–Crippen MR) is 85.0 cm³/mol. The van der Waals surface area contributed by atoms with Crippen LogP contribution >= 0.6 is 27.3 Å². The summed E-state index contributed by atoms with van der Waals surface area (Å²) >= 11 is 5.26. The van der Waals surface area contributed by atoms with Crippen molar-refractivity contribution in [1.82, 2.24) is 5.32 Å². The summed E-state index contributed by atoms with van der Waals surface area (Å²) in [6.45, 7) is 4.36. The number of hydrogen-bond donors (Lipinski definition) is 1. The van der Waals surface area contributed by atoms with Gasteiger partial charge in [0, 0.05) is 26.8 Å². The molecule has 0 spiro atoms. The molecule has 2 nitrogen and oxygen atoms in total. The van der Waals surface area contributed by atoms with Gasteiger partial charge < -0.3 is 10.1 Å². The molecule has 19 heavy (non-hydrogen) atoms. The van der Waals surface area contributed by atoms with Crippen molar-refractivity contribution in [2.24, 2.45) is 0 Å². The molecule has 0 amide bonds. The van der Waals surface area contributed by atoms with Gasteiger partial charge in [-0.1, -0.05) is 12.1 Å². The van der Waals surface area contributed by atoms with Crippen molar-refractivity contribution in [2.75, 3.05) is 7.11 Å². The number of rotatable bonds is 5. The van der Waals surface area contributed by atoms with Crippen molar-refractivity contribution in [3.05, 3.63) is 50.6 Å². The summed E-state index contributed by atoms with van der Waals surface area (Å²) in [7, 11) is 1.70. The summed E-state index contributed by atoms with van der Waals surface area (Å²) in [6.07, 6.45) is 0. The van der Waals surface area contributed by atoms with Crippen LogP contribution in [0.4, 0.5) is 0 Å². The van der Waals surface area contributed by atoms with E-state index in [1.165, 1.54) is 10.4 Å². The quantitative estimate of drug-likeness (QED) is 0.833. The van der Waals surface area contributed by atoms with E-state index in [4.69, 9.17) is 4.74 Å². The number of ether oxygens (including phenoxy) is 1. The Hall–Kier alpha value is -0.840. The fraction of sp³-hybridized carbons (Fsp3) is 0.333. The van der Waals surface area contributed by atoms with Crippen LogP contribution in [0.1, 0.15) is 36.4 Å². The van der Waals surface area contributed by atoms with Gasteiger partial charge in [-0.25, -0.2) is 0 Å². The third-order valence-electron chi connectivity index (χ3n) is 3.11. The molecule has 0 saturated carbocycles. The molecular formula is C15H18BrNOS. The fourth-order valence-corrected chi connectivity index (χ4v) is 3.48. The number of halogens is 1. The minimum atomic E-state index is 0.283. The zero-order chi connectivity index (χ0) is 13.8. The highest BCUT2D eigenvalue weighted by atomic mass is 79.9. The van der Waals surface area contributed by atoms with E-state index in [9.17, 15) is 0 Å². The summed E-state index contributed by atoms with van der Waals surface area (Å²) in [6, 6.07) is 11.0. The van der Waals surface area contributed by atoms with Crippen LogP contribution in [0.15, 0.2) is 40.2 Å². The second-order valence-electron chi connectivity index (χ2n) is 4.55. The molecule has 4 heteroatoms. The summed E-state index contributed by atoms with van der Waals surface area (Å²) < 4.78 is 6.41. The molecule has 0 fully saturated rings. The molecule has 1 aromatic heterocycles. The van der Waals surface area contributed by atoms with Crippen LogP contribution < -0.4 is 10.1 Å². The molecule has 2 aromatic rings. The first-order valence-corrected chi connectivity index (χ1v) is 7.91. The van der Waals surface area contributed by atoms with Crippen molar-refractivity contribution < 1.29 is 4.74 Å². The van der Waals surface area contributed by atoms with Gasteiger partial charge in [0.1, 0.15) is 5.75 Å². The standard InChI is InChI=1S/C15H18BrNOS/c1-10(12-5-4-6-14(7-12)18-3)17-11(2)15-8-13(16)9-19-15/h4-11,17H,1-3H3. The smallest absolute Gasteiger partial charge is 0.119 e. The van der Waals surface area contributed by atoms with E-state index in [1.807, 2.05) is 12.1 Å². The highest BCUT2D eigenvalue weighted by molar-refractivity contribution is 9.10. The van der Waals surface area contributed by atoms with E-state index < -0.39 is 0 Å². The van der Waals surface area contributed by atoms with Crippen LogP contribution in [0.2, 0.25) is 0 Å². The molecule has 1 N–H and O–H groups in total. The first kappa shape index (κ1) is 14.6. The SMILES string of the molecule is COc1cccc(C(C)NC(C)c2cc(Br)cs2)c1. The molecule has 102 valence electrons. The third-order valence-corrected chi connectivity index (χ3v) is 4.98. The van der Waals surface area contributed by atoms with E-state index in [1.54, 1.807) is 18.4 Å². The van der Waals surface area contributed by atoms with Crippen LogP contribution in [-0.4, -0.2) is 7.11 Å². The lowest BCUT2D eigenvalue weighted by Crippen LogP contribution is -2.21. The van der Waals surface area contributed by atoms with Gasteiger partial charge in [-0.05, 0) is 53.5 Å². The predicted octanol–water partition coefficient (Wildman–Crippen LogP) is 4.93. The zero-order valence-electron chi connectivity index (χ0n) is 11.3. The molecule has 2 unspecified atom stereocenters. The zero-order valence-corrected chi connectivity index (χ0v) is 13.7. The summed E-state index contributed by atoms with van der Waals surface area (Å²) in [5.74, 6) is 0.901. The number of thiophene rings is 1. The fourth-order valence-electron chi connectivity index (χ4n) is 2.02. The Kier molecular flexibility index (Phi) is 5.02. The molecule has 0 bridgehead atoms. The Bertz CT molecular complexity index is 540. The molecule has 2 atom stereocenters. The van der Waals surface area contributed by atoms with Crippen LogP contribution in [0.25, 0.3) is 0 Å². The van der Waals surface area contributed by atoms with Crippen LogP contribution in [-0.2, 0) is 0 Å². The molecule has 0 aliphatic heterocycles. The molecular weight excluding hydrogens is 322 g/mol. The summed E-state index contributed by atoms with van der Waals surface area (Å²) in [5.41, 5.74) is 1.24. The Morgan fingerprint density at radius 2 is 2.00 bits per heavy atom. The molecule has 2 rings (SSSR count). The van der Waals surface area contributed by atoms with E-state index in [-0.39, 0.29) is 6.04 Å². The van der Waals surface area contributed by atoms with Gasteiger partial charge in [0.05, 0.1) is 7.11 Å². The van der Waals surface area contributed by atoms with Crippen LogP contribution in [0, 0.1) is 0 Å². The Morgan fingerprint density at radius 3 is 2.63 bits per heavy atom. The summed E-state index contributed by atoms with van der Waals surface area (Å²) in [5, 5.41) is 5.73. The maximum atomic E-state index is 5.27. The topological polar surface area (TPSA) is 21.3 Å².